The second-order valence-corrected chi connectivity index (χ2v) is 17.7. The Morgan fingerprint density at radius 3 is 2.40 bits per heavy atom. The van der Waals surface area contributed by atoms with Crippen LogP contribution in [0.5, 0.6) is 0 Å². The van der Waals surface area contributed by atoms with Crippen LogP contribution in [0.15, 0.2) is 125 Å². The Morgan fingerprint density at radius 1 is 0.776 bits per heavy atom. The summed E-state index contributed by atoms with van der Waals surface area (Å²) >= 11 is 0. The number of allylic oxidation sites excluding steroid dienone is 16. The summed E-state index contributed by atoms with van der Waals surface area (Å²) in [7, 11) is 0. The fourth-order valence-corrected chi connectivity index (χ4v) is 10.8. The molecular formula is C54H64N4. The van der Waals surface area contributed by atoms with E-state index in [-0.39, 0.29) is 0 Å². The van der Waals surface area contributed by atoms with Gasteiger partial charge in [-0.3, -0.25) is 0 Å². The van der Waals surface area contributed by atoms with Crippen molar-refractivity contribution < 1.29 is 0 Å². The van der Waals surface area contributed by atoms with Gasteiger partial charge in [-0.2, -0.15) is 0 Å². The average Bonchev–Trinajstić information content (AvgIpc) is 3.61. The van der Waals surface area contributed by atoms with Gasteiger partial charge in [-0.05, 0) is 132 Å². The van der Waals surface area contributed by atoms with E-state index in [1.54, 1.807) is 5.70 Å². The predicted molar refractivity (Wildman–Crippen MR) is 246 cm³/mol. The Kier molecular flexibility index (Phi) is 11.4. The maximum absolute atomic E-state index is 6.60. The van der Waals surface area contributed by atoms with Crippen LogP contribution in [0.3, 0.4) is 0 Å². The highest BCUT2D eigenvalue weighted by Gasteiger charge is 2.34. The quantitative estimate of drug-likeness (QED) is 0.215. The van der Waals surface area contributed by atoms with Crippen LogP contribution in [-0.4, -0.2) is 20.9 Å². The maximum Gasteiger partial charge on any atom is 0.0515 e. The first kappa shape index (κ1) is 38.6. The largest absolute Gasteiger partial charge is 0.402 e. The Morgan fingerprint density at radius 2 is 1.62 bits per heavy atom. The van der Waals surface area contributed by atoms with Crippen LogP contribution >= 0.6 is 0 Å². The van der Waals surface area contributed by atoms with Crippen LogP contribution in [0.1, 0.15) is 123 Å². The molecule has 4 nitrogen and oxygen atoms in total. The summed E-state index contributed by atoms with van der Waals surface area (Å²) in [6.07, 6.45) is 47.9. The van der Waals surface area contributed by atoms with Crippen LogP contribution in [0.25, 0.3) is 35.2 Å². The lowest BCUT2D eigenvalue weighted by atomic mass is 9.84. The van der Waals surface area contributed by atoms with Gasteiger partial charge in [0, 0.05) is 79.6 Å². The van der Waals surface area contributed by atoms with Crippen molar-refractivity contribution in [1.29, 1.82) is 0 Å². The van der Waals surface area contributed by atoms with Crippen molar-refractivity contribution in [3.05, 3.63) is 152 Å². The molecule has 3 unspecified atom stereocenters. The lowest BCUT2D eigenvalue weighted by molar-refractivity contribution is 0.378. The molecule has 2 aromatic rings. The van der Waals surface area contributed by atoms with E-state index < -0.39 is 0 Å². The molecule has 0 fully saturated rings. The third-order valence-corrected chi connectivity index (χ3v) is 13.9. The number of aromatic nitrogens is 1. The van der Waals surface area contributed by atoms with Gasteiger partial charge in [0.2, 0.25) is 0 Å². The Bertz CT molecular complexity index is 2470. The van der Waals surface area contributed by atoms with Gasteiger partial charge in [0.05, 0.1) is 5.35 Å². The number of fused-ring (bicyclic) bond motifs is 3. The first-order valence-electron chi connectivity index (χ1n) is 22.7. The van der Waals surface area contributed by atoms with Crippen molar-refractivity contribution in [2.75, 3.05) is 6.54 Å². The minimum absolute atomic E-state index is 0.331. The van der Waals surface area contributed by atoms with E-state index in [4.69, 9.17) is 5.73 Å². The van der Waals surface area contributed by atoms with Crippen molar-refractivity contribution in [3.8, 4) is 0 Å². The number of nitrogens with two attached hydrogens (primary N) is 1. The third-order valence-electron chi connectivity index (χ3n) is 13.9. The Hall–Kier alpha value is -4.96. The van der Waals surface area contributed by atoms with E-state index in [9.17, 15) is 0 Å². The van der Waals surface area contributed by atoms with Crippen LogP contribution < -0.4 is 26.9 Å². The van der Waals surface area contributed by atoms with E-state index in [1.807, 2.05) is 0 Å². The van der Waals surface area contributed by atoms with Crippen molar-refractivity contribution in [2.24, 2.45) is 23.5 Å². The highest BCUT2D eigenvalue weighted by Crippen LogP contribution is 2.44. The summed E-state index contributed by atoms with van der Waals surface area (Å²) in [6.45, 7) is 7.99. The van der Waals surface area contributed by atoms with E-state index in [2.05, 4.69) is 144 Å². The molecule has 0 amide bonds. The molecular weight excluding hydrogens is 705 g/mol. The molecule has 0 saturated heterocycles. The first-order valence-corrected chi connectivity index (χ1v) is 22.7. The van der Waals surface area contributed by atoms with Gasteiger partial charge < -0.3 is 20.1 Å². The summed E-state index contributed by atoms with van der Waals surface area (Å²) in [4.78, 5) is 5.59. The minimum atomic E-state index is 0.331. The number of hydrogen-bond donors (Lipinski definition) is 1. The smallest absolute Gasteiger partial charge is 0.0515 e. The molecule has 3 atom stereocenters. The van der Waals surface area contributed by atoms with Gasteiger partial charge in [-0.1, -0.05) is 111 Å². The molecule has 0 radical (unpaired) electrons. The third kappa shape index (κ3) is 7.44. The number of nitrogens with zero attached hydrogens (tertiary/aromatic N) is 3. The summed E-state index contributed by atoms with van der Waals surface area (Å²) in [5, 5.41) is 5.78. The molecule has 9 rings (SSSR count). The van der Waals surface area contributed by atoms with E-state index in [0.717, 1.165) is 108 Å². The van der Waals surface area contributed by atoms with Crippen LogP contribution in [0.4, 0.5) is 0 Å². The van der Waals surface area contributed by atoms with Gasteiger partial charge in [-0.25, -0.2) is 0 Å². The van der Waals surface area contributed by atoms with Crippen molar-refractivity contribution in [1.82, 2.24) is 14.4 Å². The van der Waals surface area contributed by atoms with Gasteiger partial charge in [-0.15, -0.1) is 0 Å². The molecule has 2 heterocycles. The van der Waals surface area contributed by atoms with Crippen molar-refractivity contribution >= 4 is 35.2 Å². The molecule has 1 aliphatic heterocycles. The fraction of sp³-hybridized carbons (Fsp3) is 0.407. The van der Waals surface area contributed by atoms with Gasteiger partial charge in [0.15, 0.2) is 0 Å². The molecule has 1 aromatic heterocycles. The molecule has 4 heteroatoms. The monoisotopic (exact) mass is 769 g/mol. The molecule has 7 aliphatic rings. The molecule has 0 saturated carbocycles. The molecule has 1 aromatic carbocycles. The molecule has 0 spiro atoms. The van der Waals surface area contributed by atoms with E-state index in [1.165, 1.54) is 72.8 Å². The van der Waals surface area contributed by atoms with Crippen LogP contribution in [-0.2, 0) is 0 Å². The molecule has 0 bridgehead atoms. The highest BCUT2D eigenvalue weighted by atomic mass is 15.2. The Labute approximate surface area is 347 Å². The van der Waals surface area contributed by atoms with Crippen molar-refractivity contribution in [2.45, 2.75) is 117 Å². The van der Waals surface area contributed by atoms with Crippen LogP contribution in [0.2, 0.25) is 0 Å². The zero-order valence-corrected chi connectivity index (χ0v) is 35.4. The van der Waals surface area contributed by atoms with Gasteiger partial charge in [0.25, 0.3) is 0 Å². The van der Waals surface area contributed by atoms with Gasteiger partial charge in [0.1, 0.15) is 0 Å². The van der Waals surface area contributed by atoms with E-state index in [0.29, 0.717) is 11.8 Å². The molecule has 300 valence electrons. The second-order valence-electron chi connectivity index (χ2n) is 17.7. The second kappa shape index (κ2) is 17.1. The van der Waals surface area contributed by atoms with Crippen LogP contribution in [0, 0.1) is 17.8 Å². The summed E-state index contributed by atoms with van der Waals surface area (Å²) in [5.74, 6) is 1.47. The highest BCUT2D eigenvalue weighted by molar-refractivity contribution is 5.69. The number of hydrogen-bond acceptors (Lipinski definition) is 3. The van der Waals surface area contributed by atoms with Gasteiger partial charge >= 0.3 is 0 Å². The minimum Gasteiger partial charge on any atom is -0.402 e. The number of benzene rings is 1. The lowest BCUT2D eigenvalue weighted by Gasteiger charge is -2.42. The summed E-state index contributed by atoms with van der Waals surface area (Å²) in [5.41, 5.74) is 20.9. The standard InChI is InChI=1S/C54H64N4/c1-4-5-19-47(55)42-29-35-45(36-30-42)57-48-20-10-9-18-46(48)54-51(57)23-14-24-52(54)58(44-31-25-38(2)26-32-44)50-22-13-21-49-53(50)39(3)15-11-12-37-56(49)43-33-27-41(28-34-43)40-16-7-6-8-17-40/h4-8,11,15-20,22-23,27,31,33,35,38-39,42H,9-10,12-14,21,24-26,28-30,32,34,36-37,55H2,1-3H3/b5-4-,15-11-,47-19-. The zero-order chi connectivity index (χ0) is 39.6. The maximum atomic E-state index is 6.60. The number of rotatable bonds is 8. The molecule has 6 aliphatic carbocycles. The molecule has 58 heavy (non-hydrogen) atoms. The predicted octanol–water partition coefficient (Wildman–Crippen LogP) is 10.2. The normalized spacial score (nSPS) is 25.6. The summed E-state index contributed by atoms with van der Waals surface area (Å²) in [6, 6.07) is 11.0. The Balaban J connectivity index is 1.19. The summed E-state index contributed by atoms with van der Waals surface area (Å²) < 4.78 is 2.67. The van der Waals surface area contributed by atoms with E-state index >= 15 is 0 Å². The molecule has 2 N–H and O–H groups in total. The first-order chi connectivity index (χ1) is 28.5. The topological polar surface area (TPSA) is 37.4 Å². The average molecular weight is 769 g/mol. The fourth-order valence-electron chi connectivity index (χ4n) is 10.8. The zero-order valence-electron chi connectivity index (χ0n) is 35.4. The lowest BCUT2D eigenvalue weighted by Crippen LogP contribution is -2.45. The SMILES string of the molecule is C/C=C\C=C(/N)C1CC=C(n2c3c(c4c2=CCCC=4N(C2=CCC(C)CC2)C2=CCCC4=C2C(C)/C=C\CCN4C2=CC=C(c4ccccc4)CC2)=CCCC=3)CC1. The van der Waals surface area contributed by atoms with Crippen molar-refractivity contribution in [3.63, 3.8) is 0 Å².